The standard InChI is InChI=1S/C12H13FO2/c1-3-15-12(14)7-6-10-5-4-9(2)11(13)8-10/h4-8H,3H2,1-2H3. The third kappa shape index (κ3) is 3.54. The maximum absolute atomic E-state index is 13.1. The molecular weight excluding hydrogens is 195 g/mol. The number of rotatable bonds is 3. The number of aryl methyl sites for hydroxylation is 1. The molecule has 0 saturated carbocycles. The van der Waals surface area contributed by atoms with Gasteiger partial charge in [-0.25, -0.2) is 9.18 Å². The normalized spacial score (nSPS) is 10.6. The van der Waals surface area contributed by atoms with Crippen molar-refractivity contribution in [2.45, 2.75) is 13.8 Å². The van der Waals surface area contributed by atoms with E-state index in [9.17, 15) is 9.18 Å². The minimum Gasteiger partial charge on any atom is -0.463 e. The molecule has 0 unspecified atom stereocenters. The number of esters is 1. The maximum Gasteiger partial charge on any atom is 0.330 e. The number of ether oxygens (including phenoxy) is 1. The third-order valence-electron chi connectivity index (χ3n) is 1.89. The molecule has 0 atom stereocenters. The van der Waals surface area contributed by atoms with Gasteiger partial charge in [0.05, 0.1) is 6.61 Å². The first-order valence-corrected chi connectivity index (χ1v) is 4.74. The van der Waals surface area contributed by atoms with Crippen LogP contribution in [0.15, 0.2) is 24.3 Å². The summed E-state index contributed by atoms with van der Waals surface area (Å²) >= 11 is 0. The van der Waals surface area contributed by atoms with Crippen LogP contribution < -0.4 is 0 Å². The van der Waals surface area contributed by atoms with E-state index in [0.29, 0.717) is 17.7 Å². The molecule has 0 aliphatic carbocycles. The summed E-state index contributed by atoms with van der Waals surface area (Å²) in [5.74, 6) is -0.695. The van der Waals surface area contributed by atoms with Crippen LogP contribution in [-0.2, 0) is 9.53 Å². The van der Waals surface area contributed by atoms with E-state index in [1.54, 1.807) is 26.0 Å². The van der Waals surface area contributed by atoms with Crippen molar-refractivity contribution in [2.24, 2.45) is 0 Å². The zero-order valence-electron chi connectivity index (χ0n) is 8.79. The van der Waals surface area contributed by atoms with Crippen molar-refractivity contribution in [3.8, 4) is 0 Å². The van der Waals surface area contributed by atoms with Gasteiger partial charge in [0.2, 0.25) is 0 Å². The zero-order chi connectivity index (χ0) is 11.3. The van der Waals surface area contributed by atoms with Gasteiger partial charge in [0.15, 0.2) is 0 Å². The summed E-state index contributed by atoms with van der Waals surface area (Å²) in [6, 6.07) is 4.79. The Balaban J connectivity index is 2.72. The summed E-state index contributed by atoms with van der Waals surface area (Å²) in [6.07, 6.45) is 2.81. The summed E-state index contributed by atoms with van der Waals surface area (Å²) < 4.78 is 17.8. The van der Waals surface area contributed by atoms with Gasteiger partial charge >= 0.3 is 5.97 Å². The molecule has 0 saturated heterocycles. The van der Waals surface area contributed by atoms with Crippen LogP contribution in [0.1, 0.15) is 18.1 Å². The van der Waals surface area contributed by atoms with Crippen molar-refractivity contribution in [2.75, 3.05) is 6.61 Å². The van der Waals surface area contributed by atoms with Crippen LogP contribution >= 0.6 is 0 Å². The molecule has 2 nitrogen and oxygen atoms in total. The smallest absolute Gasteiger partial charge is 0.330 e. The molecule has 3 heteroatoms. The molecule has 0 aliphatic rings. The molecule has 80 valence electrons. The zero-order valence-corrected chi connectivity index (χ0v) is 8.79. The second kappa shape index (κ2) is 5.29. The Morgan fingerprint density at radius 3 is 2.87 bits per heavy atom. The minimum absolute atomic E-state index is 0.277. The Labute approximate surface area is 88.4 Å². The molecule has 0 N–H and O–H groups in total. The number of halogens is 1. The Hall–Kier alpha value is -1.64. The van der Waals surface area contributed by atoms with E-state index in [1.807, 2.05) is 0 Å². The van der Waals surface area contributed by atoms with Crippen LogP contribution in [0.25, 0.3) is 6.08 Å². The number of carbonyl (C=O) groups is 1. The fourth-order valence-electron chi connectivity index (χ4n) is 1.07. The van der Waals surface area contributed by atoms with Gasteiger partial charge in [-0.15, -0.1) is 0 Å². The lowest BCUT2D eigenvalue weighted by atomic mass is 10.1. The summed E-state index contributed by atoms with van der Waals surface area (Å²) in [7, 11) is 0. The second-order valence-corrected chi connectivity index (χ2v) is 3.09. The first-order valence-electron chi connectivity index (χ1n) is 4.74. The molecule has 1 aromatic carbocycles. The quantitative estimate of drug-likeness (QED) is 0.564. The third-order valence-corrected chi connectivity index (χ3v) is 1.89. The predicted octanol–water partition coefficient (Wildman–Crippen LogP) is 2.71. The van der Waals surface area contributed by atoms with Crippen molar-refractivity contribution < 1.29 is 13.9 Å². The molecule has 0 heterocycles. The van der Waals surface area contributed by atoms with Crippen LogP contribution in [0.4, 0.5) is 4.39 Å². The fraction of sp³-hybridized carbons (Fsp3) is 0.250. The summed E-state index contributed by atoms with van der Waals surface area (Å²) in [4.78, 5) is 11.0. The van der Waals surface area contributed by atoms with Crippen LogP contribution in [0, 0.1) is 12.7 Å². The lowest BCUT2D eigenvalue weighted by Gasteiger charge is -1.98. The molecule has 0 fully saturated rings. The van der Waals surface area contributed by atoms with E-state index in [1.165, 1.54) is 18.2 Å². The van der Waals surface area contributed by atoms with Gasteiger partial charge in [-0.2, -0.15) is 0 Å². The van der Waals surface area contributed by atoms with E-state index >= 15 is 0 Å². The Bertz CT molecular complexity index is 383. The lowest BCUT2D eigenvalue weighted by Crippen LogP contribution is -1.98. The van der Waals surface area contributed by atoms with Crippen LogP contribution in [-0.4, -0.2) is 12.6 Å². The Morgan fingerprint density at radius 2 is 2.27 bits per heavy atom. The highest BCUT2D eigenvalue weighted by Crippen LogP contribution is 2.10. The van der Waals surface area contributed by atoms with Crippen LogP contribution in [0.2, 0.25) is 0 Å². The molecule has 0 spiro atoms. The lowest BCUT2D eigenvalue weighted by molar-refractivity contribution is -0.137. The van der Waals surface area contributed by atoms with Crippen molar-refractivity contribution >= 4 is 12.0 Å². The van der Waals surface area contributed by atoms with E-state index < -0.39 is 5.97 Å². The first-order chi connectivity index (χ1) is 7.13. The molecule has 0 radical (unpaired) electrons. The Kier molecular flexibility index (Phi) is 4.03. The highest BCUT2D eigenvalue weighted by atomic mass is 19.1. The average molecular weight is 208 g/mol. The highest BCUT2D eigenvalue weighted by Gasteiger charge is 1.98. The molecule has 0 amide bonds. The largest absolute Gasteiger partial charge is 0.463 e. The predicted molar refractivity (Wildman–Crippen MR) is 56.8 cm³/mol. The van der Waals surface area contributed by atoms with Crippen LogP contribution in [0.5, 0.6) is 0 Å². The summed E-state index contributed by atoms with van der Waals surface area (Å²) in [6.45, 7) is 3.76. The van der Waals surface area contributed by atoms with E-state index in [0.717, 1.165) is 0 Å². The first kappa shape index (κ1) is 11.4. The second-order valence-electron chi connectivity index (χ2n) is 3.09. The van der Waals surface area contributed by atoms with E-state index in [2.05, 4.69) is 0 Å². The summed E-state index contributed by atoms with van der Waals surface area (Å²) in [5, 5.41) is 0. The molecule has 1 aromatic rings. The molecule has 0 bridgehead atoms. The highest BCUT2D eigenvalue weighted by molar-refractivity contribution is 5.87. The molecule has 0 aromatic heterocycles. The number of carbonyl (C=O) groups excluding carboxylic acids is 1. The van der Waals surface area contributed by atoms with Crippen molar-refractivity contribution in [3.63, 3.8) is 0 Å². The van der Waals surface area contributed by atoms with Gasteiger partial charge < -0.3 is 4.74 Å². The number of hydrogen-bond donors (Lipinski definition) is 0. The van der Waals surface area contributed by atoms with Gasteiger partial charge in [-0.3, -0.25) is 0 Å². The fourth-order valence-corrected chi connectivity index (χ4v) is 1.07. The van der Waals surface area contributed by atoms with Gasteiger partial charge in [-0.05, 0) is 37.1 Å². The monoisotopic (exact) mass is 208 g/mol. The number of benzene rings is 1. The number of hydrogen-bond acceptors (Lipinski definition) is 2. The summed E-state index contributed by atoms with van der Waals surface area (Å²) in [5.41, 5.74) is 1.23. The van der Waals surface area contributed by atoms with Gasteiger partial charge in [0, 0.05) is 6.08 Å². The van der Waals surface area contributed by atoms with Crippen molar-refractivity contribution in [1.29, 1.82) is 0 Å². The van der Waals surface area contributed by atoms with E-state index in [4.69, 9.17) is 4.74 Å². The van der Waals surface area contributed by atoms with Crippen molar-refractivity contribution in [1.82, 2.24) is 0 Å². The van der Waals surface area contributed by atoms with Gasteiger partial charge in [-0.1, -0.05) is 12.1 Å². The average Bonchev–Trinajstić information content (AvgIpc) is 2.20. The minimum atomic E-state index is -0.418. The van der Waals surface area contributed by atoms with Crippen molar-refractivity contribution in [3.05, 3.63) is 41.2 Å². The topological polar surface area (TPSA) is 26.3 Å². The van der Waals surface area contributed by atoms with Crippen LogP contribution in [0.3, 0.4) is 0 Å². The molecule has 15 heavy (non-hydrogen) atoms. The maximum atomic E-state index is 13.1. The van der Waals surface area contributed by atoms with Gasteiger partial charge in [0.1, 0.15) is 5.82 Å². The SMILES string of the molecule is CCOC(=O)C=Cc1ccc(C)c(F)c1. The van der Waals surface area contributed by atoms with Gasteiger partial charge in [0.25, 0.3) is 0 Å². The Morgan fingerprint density at radius 1 is 1.53 bits per heavy atom. The molecule has 0 aliphatic heterocycles. The van der Waals surface area contributed by atoms with E-state index in [-0.39, 0.29) is 5.82 Å². The molecular formula is C12H13FO2. The molecule has 1 rings (SSSR count).